The molecule has 1 aliphatic carbocycles. The number of hydrogen-bond donors (Lipinski definition) is 1. The predicted molar refractivity (Wildman–Crippen MR) is 124 cm³/mol. The van der Waals surface area contributed by atoms with Gasteiger partial charge in [-0.05, 0) is 53.8 Å². The molecule has 0 saturated heterocycles. The van der Waals surface area contributed by atoms with Crippen molar-refractivity contribution in [3.8, 4) is 11.8 Å². The van der Waals surface area contributed by atoms with Crippen molar-refractivity contribution in [1.82, 2.24) is 0 Å². The fourth-order valence-electron chi connectivity index (χ4n) is 4.52. The number of nitrogens with two attached hydrogens (primary N) is 1. The molecular formula is C25H24BrN3O2. The number of anilines is 1. The van der Waals surface area contributed by atoms with Crippen LogP contribution < -0.4 is 15.4 Å². The normalized spacial score (nSPS) is 20.4. The van der Waals surface area contributed by atoms with Crippen molar-refractivity contribution >= 4 is 27.4 Å². The molecule has 31 heavy (non-hydrogen) atoms. The first-order valence-electron chi connectivity index (χ1n) is 10.1. The summed E-state index contributed by atoms with van der Waals surface area (Å²) in [5, 5.41) is 10.1. The third-order valence-electron chi connectivity index (χ3n) is 5.91. The molecule has 0 unspecified atom stereocenters. The molecule has 0 bridgehead atoms. The number of carbonyl (C=O) groups is 1. The summed E-state index contributed by atoms with van der Waals surface area (Å²) < 4.78 is 6.22. The maximum atomic E-state index is 13.5. The Morgan fingerprint density at radius 2 is 1.77 bits per heavy atom. The quantitative estimate of drug-likeness (QED) is 0.639. The Morgan fingerprint density at radius 1 is 1.13 bits per heavy atom. The zero-order chi connectivity index (χ0) is 22.3. The highest BCUT2D eigenvalue weighted by Gasteiger charge is 2.44. The second kappa shape index (κ2) is 7.90. The van der Waals surface area contributed by atoms with E-state index in [1.165, 1.54) is 0 Å². The third kappa shape index (κ3) is 3.75. The van der Waals surface area contributed by atoms with E-state index in [-0.39, 0.29) is 11.2 Å². The van der Waals surface area contributed by atoms with Gasteiger partial charge >= 0.3 is 0 Å². The molecule has 6 heteroatoms. The van der Waals surface area contributed by atoms with Gasteiger partial charge in [0.15, 0.2) is 5.78 Å². The van der Waals surface area contributed by atoms with Crippen molar-refractivity contribution in [2.75, 3.05) is 12.0 Å². The average molecular weight is 478 g/mol. The van der Waals surface area contributed by atoms with E-state index >= 15 is 0 Å². The van der Waals surface area contributed by atoms with E-state index in [2.05, 4.69) is 35.8 Å². The Balaban J connectivity index is 1.96. The molecule has 0 fully saturated rings. The number of nitriles is 1. The van der Waals surface area contributed by atoms with Crippen LogP contribution in [0.3, 0.4) is 0 Å². The topological polar surface area (TPSA) is 79.3 Å². The number of ketones is 1. The minimum absolute atomic E-state index is 0.0643. The van der Waals surface area contributed by atoms with Crippen LogP contribution in [0.25, 0.3) is 0 Å². The van der Waals surface area contributed by atoms with Crippen LogP contribution in [-0.2, 0) is 4.79 Å². The van der Waals surface area contributed by atoms with E-state index in [1.807, 2.05) is 53.4 Å². The van der Waals surface area contributed by atoms with Crippen LogP contribution in [0.4, 0.5) is 5.69 Å². The van der Waals surface area contributed by atoms with E-state index in [0.29, 0.717) is 29.8 Å². The molecular weight excluding hydrogens is 454 g/mol. The SMILES string of the molecule is COc1ccc([C@H]2C(C#N)=C(N)N(c3ccc(Br)cc3)C3=C2C(=O)CC(C)(C)C3)cc1. The minimum atomic E-state index is -0.485. The van der Waals surface area contributed by atoms with Crippen LogP contribution in [0.5, 0.6) is 5.75 Å². The number of hydrogen-bond acceptors (Lipinski definition) is 5. The molecule has 2 aromatic carbocycles. The molecule has 0 amide bonds. The second-order valence-electron chi connectivity index (χ2n) is 8.73. The molecule has 0 radical (unpaired) electrons. The van der Waals surface area contributed by atoms with E-state index in [9.17, 15) is 10.1 Å². The molecule has 2 aromatic rings. The zero-order valence-corrected chi connectivity index (χ0v) is 19.4. The first kappa shape index (κ1) is 21.2. The number of carbonyl (C=O) groups excluding carboxylic acids is 1. The van der Waals surface area contributed by atoms with Gasteiger partial charge in [0.1, 0.15) is 11.6 Å². The number of ether oxygens (including phenoxy) is 1. The van der Waals surface area contributed by atoms with Gasteiger partial charge < -0.3 is 10.5 Å². The van der Waals surface area contributed by atoms with Crippen LogP contribution in [0, 0.1) is 16.7 Å². The lowest BCUT2D eigenvalue weighted by atomic mass is 9.68. The summed E-state index contributed by atoms with van der Waals surface area (Å²) in [6.07, 6.45) is 1.13. The number of halogens is 1. The van der Waals surface area contributed by atoms with Crippen molar-refractivity contribution in [1.29, 1.82) is 5.26 Å². The van der Waals surface area contributed by atoms with Crippen molar-refractivity contribution < 1.29 is 9.53 Å². The molecule has 1 atom stereocenters. The number of Topliss-reactive ketones (excluding diaryl/α,β-unsaturated/α-hetero) is 1. The highest BCUT2D eigenvalue weighted by molar-refractivity contribution is 9.10. The van der Waals surface area contributed by atoms with Gasteiger partial charge in [0.05, 0.1) is 24.7 Å². The number of methoxy groups -OCH3 is 1. The van der Waals surface area contributed by atoms with E-state index in [1.54, 1.807) is 7.11 Å². The molecule has 5 nitrogen and oxygen atoms in total. The Morgan fingerprint density at radius 3 is 2.35 bits per heavy atom. The van der Waals surface area contributed by atoms with Gasteiger partial charge in [0.2, 0.25) is 0 Å². The Kier molecular flexibility index (Phi) is 5.40. The Labute approximate surface area is 190 Å². The van der Waals surface area contributed by atoms with Crippen LogP contribution in [-0.4, -0.2) is 12.9 Å². The Bertz CT molecular complexity index is 1140. The van der Waals surface area contributed by atoms with Gasteiger partial charge in [-0.25, -0.2) is 0 Å². The lowest BCUT2D eigenvalue weighted by Crippen LogP contribution is -2.42. The summed E-state index contributed by atoms with van der Waals surface area (Å²) in [5.74, 6) is 0.669. The molecule has 2 N–H and O–H groups in total. The molecule has 0 saturated carbocycles. The summed E-state index contributed by atoms with van der Waals surface area (Å²) in [5.41, 5.74) is 10.1. The van der Waals surface area contributed by atoms with Gasteiger partial charge in [-0.1, -0.05) is 41.9 Å². The minimum Gasteiger partial charge on any atom is -0.497 e. The number of benzene rings is 2. The van der Waals surface area contributed by atoms with E-state index in [4.69, 9.17) is 10.5 Å². The van der Waals surface area contributed by atoms with Crippen molar-refractivity contribution in [2.45, 2.75) is 32.6 Å². The first-order chi connectivity index (χ1) is 14.8. The monoisotopic (exact) mass is 477 g/mol. The van der Waals surface area contributed by atoms with Crippen LogP contribution in [0.1, 0.15) is 38.2 Å². The van der Waals surface area contributed by atoms with Crippen LogP contribution in [0.2, 0.25) is 0 Å². The maximum absolute atomic E-state index is 13.5. The van der Waals surface area contributed by atoms with E-state index in [0.717, 1.165) is 27.2 Å². The fourth-order valence-corrected chi connectivity index (χ4v) is 4.79. The maximum Gasteiger partial charge on any atom is 0.162 e. The standard InChI is InChI=1S/C25H24BrN3O2/c1-25(2)12-20-23(21(30)13-25)22(15-4-10-18(31-3)11-5-15)19(14-27)24(28)29(20)17-8-6-16(26)7-9-17/h4-11,22H,12-13,28H2,1-3H3/t22-/m0/s1. The summed E-state index contributed by atoms with van der Waals surface area (Å²) >= 11 is 3.47. The molecule has 1 aliphatic heterocycles. The van der Waals surface area contributed by atoms with Crippen molar-refractivity contribution in [3.05, 3.63) is 81.2 Å². The number of allylic oxidation sites excluding steroid dienone is 3. The largest absolute Gasteiger partial charge is 0.497 e. The Hall–Kier alpha value is -3.04. The third-order valence-corrected chi connectivity index (χ3v) is 6.44. The predicted octanol–water partition coefficient (Wildman–Crippen LogP) is 5.40. The number of rotatable bonds is 3. The van der Waals surface area contributed by atoms with Crippen molar-refractivity contribution in [3.63, 3.8) is 0 Å². The summed E-state index contributed by atoms with van der Waals surface area (Å²) in [7, 11) is 1.61. The molecule has 4 rings (SSSR count). The smallest absolute Gasteiger partial charge is 0.162 e. The summed E-state index contributed by atoms with van der Waals surface area (Å²) in [4.78, 5) is 15.3. The zero-order valence-electron chi connectivity index (χ0n) is 17.8. The van der Waals surface area contributed by atoms with E-state index < -0.39 is 5.92 Å². The highest BCUT2D eigenvalue weighted by atomic mass is 79.9. The van der Waals surface area contributed by atoms with Gasteiger partial charge in [0, 0.05) is 27.9 Å². The molecule has 0 aromatic heterocycles. The summed E-state index contributed by atoms with van der Waals surface area (Å²) in [6.45, 7) is 4.19. The van der Waals surface area contributed by atoms with Gasteiger partial charge in [0.25, 0.3) is 0 Å². The van der Waals surface area contributed by atoms with Gasteiger partial charge in [-0.15, -0.1) is 0 Å². The molecule has 2 aliphatic rings. The molecule has 0 spiro atoms. The highest BCUT2D eigenvalue weighted by Crippen LogP contribution is 2.50. The molecule has 158 valence electrons. The average Bonchev–Trinajstić information content (AvgIpc) is 2.73. The van der Waals surface area contributed by atoms with Crippen molar-refractivity contribution in [2.24, 2.45) is 11.1 Å². The van der Waals surface area contributed by atoms with Crippen LogP contribution >= 0.6 is 15.9 Å². The lowest BCUT2D eigenvalue weighted by molar-refractivity contribution is -0.118. The van der Waals surface area contributed by atoms with Crippen LogP contribution in [0.15, 0.2) is 75.7 Å². The lowest BCUT2D eigenvalue weighted by Gasteiger charge is -2.43. The fraction of sp³-hybridized carbons (Fsp3) is 0.280. The first-order valence-corrected chi connectivity index (χ1v) is 10.9. The van der Waals surface area contributed by atoms with Gasteiger partial charge in [-0.2, -0.15) is 5.26 Å². The van der Waals surface area contributed by atoms with Gasteiger partial charge in [-0.3, -0.25) is 9.69 Å². The molecule has 1 heterocycles. The summed E-state index contributed by atoms with van der Waals surface area (Å²) in [6, 6.07) is 17.5. The number of nitrogens with zero attached hydrogens (tertiary/aromatic N) is 2. The second-order valence-corrected chi connectivity index (χ2v) is 9.65.